The van der Waals surface area contributed by atoms with E-state index in [1.54, 1.807) is 0 Å². The molecule has 1 amide bonds. The van der Waals surface area contributed by atoms with E-state index < -0.39 is 0 Å². The van der Waals surface area contributed by atoms with Crippen LogP contribution in [0, 0.1) is 0 Å². The number of carbonyl (C=O) groups is 1. The third-order valence-corrected chi connectivity index (χ3v) is 5.67. The number of amides is 1. The summed E-state index contributed by atoms with van der Waals surface area (Å²) in [5, 5.41) is 0. The van der Waals surface area contributed by atoms with Crippen LogP contribution < -0.4 is 0 Å². The Balaban J connectivity index is 1.30. The standard InChI is InChI=1S/C24H28N4O/c1-2-23-25-12-13-27(23)17-14-26-15-18-28(19-16-26)24(29)22-10-8-21(9-11-22)20-6-4-3-5-7-20/h3-13H,2,14-19H2,1H3. The van der Waals surface area contributed by atoms with Gasteiger partial charge in [0.1, 0.15) is 5.82 Å². The van der Waals surface area contributed by atoms with Crippen LogP contribution in [-0.4, -0.2) is 58.0 Å². The summed E-state index contributed by atoms with van der Waals surface area (Å²) >= 11 is 0. The Morgan fingerprint density at radius 2 is 1.59 bits per heavy atom. The minimum absolute atomic E-state index is 0.132. The minimum atomic E-state index is 0.132. The zero-order valence-corrected chi connectivity index (χ0v) is 17.0. The van der Waals surface area contributed by atoms with Gasteiger partial charge in [-0.3, -0.25) is 9.69 Å². The third kappa shape index (κ3) is 4.57. The largest absolute Gasteiger partial charge is 0.336 e. The molecule has 3 aromatic rings. The molecule has 150 valence electrons. The first-order chi connectivity index (χ1) is 14.2. The smallest absolute Gasteiger partial charge is 0.253 e. The van der Waals surface area contributed by atoms with Crippen LogP contribution in [0.2, 0.25) is 0 Å². The van der Waals surface area contributed by atoms with Crippen LogP contribution in [0.4, 0.5) is 0 Å². The van der Waals surface area contributed by atoms with E-state index in [1.165, 1.54) is 5.56 Å². The van der Waals surface area contributed by atoms with Crippen LogP contribution in [0.15, 0.2) is 67.0 Å². The molecular formula is C24H28N4O. The van der Waals surface area contributed by atoms with Gasteiger partial charge in [-0.05, 0) is 23.3 Å². The molecule has 0 atom stereocenters. The Morgan fingerprint density at radius 3 is 2.28 bits per heavy atom. The Labute approximate surface area is 172 Å². The fourth-order valence-corrected chi connectivity index (χ4v) is 3.90. The molecule has 5 heteroatoms. The van der Waals surface area contributed by atoms with Crippen molar-refractivity contribution in [1.29, 1.82) is 0 Å². The number of benzene rings is 2. The van der Waals surface area contributed by atoms with Crippen LogP contribution in [0.3, 0.4) is 0 Å². The number of imidazole rings is 1. The normalized spacial score (nSPS) is 14.9. The third-order valence-electron chi connectivity index (χ3n) is 5.67. The summed E-state index contributed by atoms with van der Waals surface area (Å²) in [6.45, 7) is 7.49. The average molecular weight is 389 g/mol. The molecule has 2 aromatic carbocycles. The number of hydrogen-bond donors (Lipinski definition) is 0. The Hall–Kier alpha value is -2.92. The summed E-state index contributed by atoms with van der Waals surface area (Å²) in [5.41, 5.74) is 3.08. The van der Waals surface area contributed by atoms with Crippen LogP contribution in [-0.2, 0) is 13.0 Å². The lowest BCUT2D eigenvalue weighted by atomic mass is 10.0. The van der Waals surface area contributed by atoms with Crippen molar-refractivity contribution in [3.8, 4) is 11.1 Å². The van der Waals surface area contributed by atoms with Crippen molar-refractivity contribution in [2.45, 2.75) is 19.9 Å². The van der Waals surface area contributed by atoms with Gasteiger partial charge in [-0.2, -0.15) is 0 Å². The van der Waals surface area contributed by atoms with Crippen molar-refractivity contribution in [2.24, 2.45) is 0 Å². The number of aromatic nitrogens is 2. The first-order valence-electron chi connectivity index (χ1n) is 10.4. The van der Waals surface area contributed by atoms with Gasteiger partial charge in [0, 0.05) is 63.6 Å². The molecule has 0 unspecified atom stereocenters. The van der Waals surface area contributed by atoms with Crippen LogP contribution in [0.1, 0.15) is 23.1 Å². The van der Waals surface area contributed by atoms with Crippen LogP contribution in [0.25, 0.3) is 11.1 Å². The number of nitrogens with zero attached hydrogens (tertiary/aromatic N) is 4. The second-order valence-electron chi connectivity index (χ2n) is 7.47. The van der Waals surface area contributed by atoms with E-state index in [0.29, 0.717) is 0 Å². The van der Waals surface area contributed by atoms with E-state index in [-0.39, 0.29) is 5.91 Å². The van der Waals surface area contributed by atoms with Gasteiger partial charge in [0.25, 0.3) is 5.91 Å². The van der Waals surface area contributed by atoms with E-state index in [9.17, 15) is 4.79 Å². The monoisotopic (exact) mass is 388 g/mol. The maximum atomic E-state index is 12.9. The second kappa shape index (κ2) is 9.05. The quantitative estimate of drug-likeness (QED) is 0.648. The molecule has 5 nitrogen and oxygen atoms in total. The van der Waals surface area contributed by atoms with Gasteiger partial charge in [-0.1, -0.05) is 49.4 Å². The van der Waals surface area contributed by atoms with E-state index in [1.807, 2.05) is 53.6 Å². The number of carbonyl (C=O) groups excluding carboxylic acids is 1. The predicted molar refractivity (Wildman–Crippen MR) is 116 cm³/mol. The van der Waals surface area contributed by atoms with Gasteiger partial charge in [0.05, 0.1) is 0 Å². The fraction of sp³-hybridized carbons (Fsp3) is 0.333. The van der Waals surface area contributed by atoms with Gasteiger partial charge >= 0.3 is 0 Å². The van der Waals surface area contributed by atoms with Crippen molar-refractivity contribution < 1.29 is 4.79 Å². The Morgan fingerprint density at radius 1 is 0.897 bits per heavy atom. The average Bonchev–Trinajstić information content (AvgIpc) is 3.26. The van der Waals surface area contributed by atoms with Gasteiger partial charge in [0.15, 0.2) is 0 Å². The SMILES string of the molecule is CCc1nccn1CCN1CCN(C(=O)c2ccc(-c3ccccc3)cc2)CC1. The molecule has 1 aromatic heterocycles. The summed E-state index contributed by atoms with van der Waals surface area (Å²) in [5.74, 6) is 1.27. The van der Waals surface area contributed by atoms with Crippen molar-refractivity contribution in [3.63, 3.8) is 0 Å². The van der Waals surface area contributed by atoms with Crippen LogP contribution >= 0.6 is 0 Å². The molecule has 0 radical (unpaired) electrons. The maximum absolute atomic E-state index is 12.9. The van der Waals surface area contributed by atoms with E-state index in [4.69, 9.17) is 0 Å². The molecule has 1 saturated heterocycles. The van der Waals surface area contributed by atoms with Crippen molar-refractivity contribution in [1.82, 2.24) is 19.4 Å². The summed E-state index contributed by atoms with van der Waals surface area (Å²) < 4.78 is 2.23. The number of piperazine rings is 1. The molecule has 0 saturated carbocycles. The zero-order chi connectivity index (χ0) is 20.1. The minimum Gasteiger partial charge on any atom is -0.336 e. The Kier molecular flexibility index (Phi) is 6.06. The summed E-state index contributed by atoms with van der Waals surface area (Å²) in [7, 11) is 0. The summed E-state index contributed by atoms with van der Waals surface area (Å²) in [6.07, 6.45) is 4.88. The number of aryl methyl sites for hydroxylation is 1. The van der Waals surface area contributed by atoms with Crippen molar-refractivity contribution in [2.75, 3.05) is 32.7 Å². The predicted octanol–water partition coefficient (Wildman–Crippen LogP) is 3.57. The second-order valence-corrected chi connectivity index (χ2v) is 7.47. The molecule has 1 fully saturated rings. The first kappa shape index (κ1) is 19.4. The lowest BCUT2D eigenvalue weighted by Crippen LogP contribution is -2.49. The molecule has 0 spiro atoms. The number of rotatable bonds is 6. The van der Waals surface area contributed by atoms with Gasteiger partial charge in [-0.15, -0.1) is 0 Å². The van der Waals surface area contributed by atoms with Gasteiger partial charge < -0.3 is 9.47 Å². The highest BCUT2D eigenvalue weighted by Gasteiger charge is 2.22. The molecule has 1 aliphatic rings. The molecular weight excluding hydrogens is 360 g/mol. The lowest BCUT2D eigenvalue weighted by molar-refractivity contribution is 0.0633. The highest BCUT2D eigenvalue weighted by Crippen LogP contribution is 2.20. The van der Waals surface area contributed by atoms with E-state index >= 15 is 0 Å². The van der Waals surface area contributed by atoms with Crippen molar-refractivity contribution in [3.05, 3.63) is 78.4 Å². The first-order valence-corrected chi connectivity index (χ1v) is 10.4. The molecule has 0 bridgehead atoms. The zero-order valence-electron chi connectivity index (χ0n) is 17.0. The number of hydrogen-bond acceptors (Lipinski definition) is 3. The van der Waals surface area contributed by atoms with Gasteiger partial charge in [-0.25, -0.2) is 4.98 Å². The molecule has 2 heterocycles. The Bertz CT molecular complexity index is 925. The molecule has 1 aliphatic heterocycles. The molecule has 4 rings (SSSR count). The maximum Gasteiger partial charge on any atom is 0.253 e. The van der Waals surface area contributed by atoms with E-state index in [0.717, 1.165) is 62.6 Å². The van der Waals surface area contributed by atoms with E-state index in [2.05, 4.69) is 39.7 Å². The molecule has 29 heavy (non-hydrogen) atoms. The molecule has 0 aliphatic carbocycles. The highest BCUT2D eigenvalue weighted by atomic mass is 16.2. The van der Waals surface area contributed by atoms with Crippen LogP contribution in [0.5, 0.6) is 0 Å². The fourth-order valence-electron chi connectivity index (χ4n) is 3.90. The molecule has 0 N–H and O–H groups in total. The lowest BCUT2D eigenvalue weighted by Gasteiger charge is -2.35. The summed E-state index contributed by atoms with van der Waals surface area (Å²) in [4.78, 5) is 21.7. The van der Waals surface area contributed by atoms with Crippen molar-refractivity contribution >= 4 is 5.91 Å². The highest BCUT2D eigenvalue weighted by molar-refractivity contribution is 5.94. The summed E-state index contributed by atoms with van der Waals surface area (Å²) in [6, 6.07) is 18.2. The topological polar surface area (TPSA) is 41.4 Å². The van der Waals surface area contributed by atoms with Gasteiger partial charge in [0.2, 0.25) is 0 Å².